The Morgan fingerprint density at radius 3 is 2.58 bits per heavy atom. The Balaban J connectivity index is 1.65. The molecule has 0 spiro atoms. The lowest BCUT2D eigenvalue weighted by Crippen LogP contribution is -2.28. The van der Waals surface area contributed by atoms with Crippen LogP contribution in [0.3, 0.4) is 0 Å². The third-order valence-electron chi connectivity index (χ3n) is 5.19. The van der Waals surface area contributed by atoms with Crippen molar-refractivity contribution in [2.75, 3.05) is 11.1 Å². The molecule has 0 saturated heterocycles. The second-order valence-corrected chi connectivity index (χ2v) is 9.25. The quantitative estimate of drug-likeness (QED) is 0.397. The second kappa shape index (κ2) is 11.0. The maximum absolute atomic E-state index is 12.6. The van der Waals surface area contributed by atoms with Crippen LogP contribution in [0, 0.1) is 13.8 Å². The number of nitrogens with one attached hydrogen (secondary N) is 2. The number of aromatic nitrogens is 3. The lowest BCUT2D eigenvalue weighted by Gasteiger charge is -2.15. The van der Waals surface area contributed by atoms with Crippen LogP contribution in [0.4, 0.5) is 5.69 Å². The average Bonchev–Trinajstić information content (AvgIpc) is 3.20. The highest BCUT2D eigenvalue weighted by Crippen LogP contribution is 2.24. The normalized spacial score (nSPS) is 11.8. The summed E-state index contributed by atoms with van der Waals surface area (Å²) in [6, 6.07) is 10.1. The molecule has 0 radical (unpaired) electrons. The number of nitrogens with zero attached hydrogens (tertiary/aromatic N) is 3. The molecule has 3 rings (SSSR count). The number of aryl methyl sites for hydroxylation is 1. The third-order valence-corrected chi connectivity index (χ3v) is 6.90. The molecule has 10 heteroatoms. The van der Waals surface area contributed by atoms with Crippen molar-refractivity contribution in [1.82, 2.24) is 20.1 Å². The van der Waals surface area contributed by atoms with E-state index < -0.39 is 6.04 Å². The van der Waals surface area contributed by atoms with Crippen molar-refractivity contribution >= 4 is 52.5 Å². The van der Waals surface area contributed by atoms with Crippen molar-refractivity contribution in [3.05, 3.63) is 69.0 Å². The summed E-state index contributed by atoms with van der Waals surface area (Å²) in [5.74, 6) is 0.370. The zero-order chi connectivity index (χ0) is 24.1. The third kappa shape index (κ3) is 6.07. The number of anilines is 1. The van der Waals surface area contributed by atoms with E-state index in [1.165, 1.54) is 17.8 Å². The number of halogens is 2. The van der Waals surface area contributed by atoms with E-state index in [0.29, 0.717) is 33.1 Å². The molecule has 1 heterocycles. The lowest BCUT2D eigenvalue weighted by atomic mass is 10.1. The van der Waals surface area contributed by atoms with Gasteiger partial charge < -0.3 is 15.2 Å². The predicted octanol–water partition coefficient (Wildman–Crippen LogP) is 5.44. The van der Waals surface area contributed by atoms with E-state index in [-0.39, 0.29) is 17.6 Å². The van der Waals surface area contributed by atoms with Crippen molar-refractivity contribution in [3.8, 4) is 0 Å². The van der Waals surface area contributed by atoms with Gasteiger partial charge in [-0.05, 0) is 63.1 Å². The minimum Gasteiger partial charge on any atom is -0.342 e. The van der Waals surface area contributed by atoms with Gasteiger partial charge in [0.1, 0.15) is 0 Å². The molecule has 0 unspecified atom stereocenters. The Labute approximate surface area is 207 Å². The molecule has 0 bridgehead atoms. The second-order valence-electron chi connectivity index (χ2n) is 7.49. The summed E-state index contributed by atoms with van der Waals surface area (Å²) in [5.41, 5.74) is 3.36. The van der Waals surface area contributed by atoms with E-state index in [4.69, 9.17) is 23.2 Å². The fourth-order valence-electron chi connectivity index (χ4n) is 3.21. The Hall–Kier alpha value is -2.55. The predicted molar refractivity (Wildman–Crippen MR) is 133 cm³/mol. The van der Waals surface area contributed by atoms with Crippen LogP contribution in [-0.4, -0.2) is 32.3 Å². The monoisotopic (exact) mass is 505 g/mol. The summed E-state index contributed by atoms with van der Waals surface area (Å²) in [4.78, 5) is 25.1. The maximum atomic E-state index is 12.6. The van der Waals surface area contributed by atoms with E-state index in [0.717, 1.165) is 16.8 Å². The number of benzene rings is 2. The van der Waals surface area contributed by atoms with E-state index in [2.05, 4.69) is 20.8 Å². The SMILES string of the molecule is CCn1c(SCC(=O)Nc2cccc(C)c2C)nnc1[C@H](C)NC(=O)c1ccc(Cl)c(Cl)c1. The van der Waals surface area contributed by atoms with Crippen molar-refractivity contribution in [2.24, 2.45) is 0 Å². The molecule has 0 aliphatic heterocycles. The van der Waals surface area contributed by atoms with Crippen LogP contribution in [0.25, 0.3) is 0 Å². The van der Waals surface area contributed by atoms with Gasteiger partial charge in [0.25, 0.3) is 5.91 Å². The van der Waals surface area contributed by atoms with Gasteiger partial charge >= 0.3 is 0 Å². The standard InChI is InChI=1S/C23H25Cl2N5O2S/c1-5-30-21(15(4)26-22(32)16-9-10-17(24)18(25)11-16)28-29-23(30)33-12-20(31)27-19-8-6-7-13(2)14(19)3/h6-11,15H,5,12H2,1-4H3,(H,26,32)(H,27,31)/t15-/m0/s1. The van der Waals surface area contributed by atoms with Gasteiger partial charge in [0.05, 0.1) is 21.8 Å². The molecule has 0 fully saturated rings. The molecule has 33 heavy (non-hydrogen) atoms. The fourth-order valence-corrected chi connectivity index (χ4v) is 4.32. The van der Waals surface area contributed by atoms with Crippen molar-refractivity contribution < 1.29 is 9.59 Å². The molecule has 0 aliphatic rings. The zero-order valence-electron chi connectivity index (χ0n) is 18.8. The minimum atomic E-state index is -0.405. The van der Waals surface area contributed by atoms with E-state index in [1.807, 2.05) is 50.5 Å². The molecule has 174 valence electrons. The molecular formula is C23H25Cl2N5O2S. The number of hydrogen-bond acceptors (Lipinski definition) is 5. The van der Waals surface area contributed by atoms with Gasteiger partial charge in [-0.2, -0.15) is 0 Å². The van der Waals surface area contributed by atoms with Gasteiger partial charge in [-0.25, -0.2) is 0 Å². The van der Waals surface area contributed by atoms with Crippen LogP contribution in [0.2, 0.25) is 10.0 Å². The first-order valence-corrected chi connectivity index (χ1v) is 12.1. The average molecular weight is 506 g/mol. The van der Waals surface area contributed by atoms with Crippen molar-refractivity contribution in [2.45, 2.75) is 45.4 Å². The van der Waals surface area contributed by atoms with Crippen molar-refractivity contribution in [3.63, 3.8) is 0 Å². The number of amides is 2. The smallest absolute Gasteiger partial charge is 0.251 e. The summed E-state index contributed by atoms with van der Waals surface area (Å²) < 4.78 is 1.88. The lowest BCUT2D eigenvalue weighted by molar-refractivity contribution is -0.113. The van der Waals surface area contributed by atoms with Gasteiger partial charge in [-0.3, -0.25) is 9.59 Å². The van der Waals surface area contributed by atoms with Gasteiger partial charge in [0, 0.05) is 17.8 Å². The van der Waals surface area contributed by atoms with Crippen molar-refractivity contribution in [1.29, 1.82) is 0 Å². The Morgan fingerprint density at radius 1 is 1.12 bits per heavy atom. The van der Waals surface area contributed by atoms with Crippen LogP contribution in [-0.2, 0) is 11.3 Å². The Kier molecular flexibility index (Phi) is 8.40. The molecule has 1 atom stereocenters. The molecule has 2 aromatic carbocycles. The summed E-state index contributed by atoms with van der Waals surface area (Å²) in [5, 5.41) is 15.6. The van der Waals surface area contributed by atoms with Gasteiger partial charge in [-0.1, -0.05) is 47.1 Å². The molecule has 0 aliphatic carbocycles. The summed E-state index contributed by atoms with van der Waals surface area (Å²) in [6.45, 7) is 8.36. The number of hydrogen-bond donors (Lipinski definition) is 2. The molecule has 3 aromatic rings. The molecular weight excluding hydrogens is 481 g/mol. The molecule has 1 aromatic heterocycles. The summed E-state index contributed by atoms with van der Waals surface area (Å²) in [7, 11) is 0. The number of carbonyl (C=O) groups excluding carboxylic acids is 2. The molecule has 0 saturated carbocycles. The van der Waals surface area contributed by atoms with Crippen LogP contribution in [0.1, 0.15) is 47.2 Å². The summed E-state index contributed by atoms with van der Waals surface area (Å²) >= 11 is 13.2. The fraction of sp³-hybridized carbons (Fsp3) is 0.304. The molecule has 2 N–H and O–H groups in total. The highest BCUT2D eigenvalue weighted by Gasteiger charge is 2.20. The first kappa shape index (κ1) is 25.1. The Bertz CT molecular complexity index is 1180. The Morgan fingerprint density at radius 2 is 1.88 bits per heavy atom. The highest BCUT2D eigenvalue weighted by molar-refractivity contribution is 7.99. The van der Waals surface area contributed by atoms with Crippen LogP contribution in [0.15, 0.2) is 41.6 Å². The number of thioether (sulfide) groups is 1. The van der Waals surface area contributed by atoms with E-state index in [9.17, 15) is 9.59 Å². The molecule has 2 amide bonds. The van der Waals surface area contributed by atoms with E-state index >= 15 is 0 Å². The van der Waals surface area contributed by atoms with Gasteiger partial charge in [0.2, 0.25) is 5.91 Å². The minimum absolute atomic E-state index is 0.123. The summed E-state index contributed by atoms with van der Waals surface area (Å²) in [6.07, 6.45) is 0. The van der Waals surface area contributed by atoms with Gasteiger partial charge in [0.15, 0.2) is 11.0 Å². The van der Waals surface area contributed by atoms with E-state index in [1.54, 1.807) is 12.1 Å². The van der Waals surface area contributed by atoms with Gasteiger partial charge in [-0.15, -0.1) is 10.2 Å². The largest absolute Gasteiger partial charge is 0.342 e. The van der Waals surface area contributed by atoms with Crippen LogP contribution in [0.5, 0.6) is 0 Å². The first-order valence-electron chi connectivity index (χ1n) is 10.4. The van der Waals surface area contributed by atoms with Crippen LogP contribution >= 0.6 is 35.0 Å². The number of carbonyl (C=O) groups is 2. The maximum Gasteiger partial charge on any atom is 0.251 e. The zero-order valence-corrected chi connectivity index (χ0v) is 21.1. The van der Waals surface area contributed by atoms with Crippen LogP contribution < -0.4 is 10.6 Å². The number of rotatable bonds is 8. The first-order chi connectivity index (χ1) is 15.7. The topological polar surface area (TPSA) is 88.9 Å². The molecule has 7 nitrogen and oxygen atoms in total. The highest BCUT2D eigenvalue weighted by atomic mass is 35.5.